The van der Waals surface area contributed by atoms with Crippen molar-refractivity contribution in [2.75, 3.05) is 17.6 Å². The van der Waals surface area contributed by atoms with Gasteiger partial charge in [-0.1, -0.05) is 53.9 Å². The molecule has 21 heavy (non-hydrogen) atoms. The van der Waals surface area contributed by atoms with Crippen LogP contribution in [0.5, 0.6) is 0 Å². The van der Waals surface area contributed by atoms with Crippen molar-refractivity contribution in [3.63, 3.8) is 0 Å². The number of nitrogens with zero attached hydrogens (tertiary/aromatic N) is 1. The summed E-state index contributed by atoms with van der Waals surface area (Å²) in [5, 5.41) is 4.64. The van der Waals surface area contributed by atoms with E-state index in [9.17, 15) is 0 Å². The first kappa shape index (κ1) is 15.4. The fourth-order valence-corrected chi connectivity index (χ4v) is 4.89. The first-order valence-electron chi connectivity index (χ1n) is 7.93. The van der Waals surface area contributed by atoms with Crippen molar-refractivity contribution in [2.45, 2.75) is 45.4 Å². The van der Waals surface area contributed by atoms with Crippen molar-refractivity contribution in [3.8, 4) is 0 Å². The Morgan fingerprint density at radius 1 is 1.29 bits per heavy atom. The Morgan fingerprint density at radius 3 is 2.76 bits per heavy atom. The maximum absolute atomic E-state index is 4.86. The summed E-state index contributed by atoms with van der Waals surface area (Å²) in [7, 11) is 0. The number of halogens is 1. The zero-order chi connectivity index (χ0) is 14.7. The summed E-state index contributed by atoms with van der Waals surface area (Å²) < 4.78 is 1.14. The maximum Gasteiger partial charge on any atom is 0.161 e. The number of hydrogen-bond donors (Lipinski definition) is 1. The van der Waals surface area contributed by atoms with Crippen molar-refractivity contribution < 1.29 is 0 Å². The average molecular weight is 367 g/mol. The molecule has 1 aromatic rings. The third-order valence-electron chi connectivity index (χ3n) is 4.68. The fraction of sp³-hybridized carbons (Fsp3) is 0.588. The van der Waals surface area contributed by atoms with E-state index in [4.69, 9.17) is 4.99 Å². The Kier molecular flexibility index (Phi) is 4.95. The molecule has 1 aliphatic heterocycles. The first-order valence-corrected chi connectivity index (χ1v) is 9.71. The SMILES string of the molecule is CCc1cc(Br)ccc1NC1=NCC2(CCCCC2)CS1. The van der Waals surface area contributed by atoms with Gasteiger partial charge < -0.3 is 5.32 Å². The van der Waals surface area contributed by atoms with E-state index in [0.29, 0.717) is 5.41 Å². The fourth-order valence-electron chi connectivity index (χ4n) is 3.32. The van der Waals surface area contributed by atoms with Crippen LogP contribution in [0, 0.1) is 5.41 Å². The van der Waals surface area contributed by atoms with Gasteiger partial charge in [0.15, 0.2) is 5.17 Å². The predicted molar refractivity (Wildman–Crippen MR) is 97.4 cm³/mol. The first-order chi connectivity index (χ1) is 10.2. The van der Waals surface area contributed by atoms with E-state index >= 15 is 0 Å². The molecule has 2 nitrogen and oxygen atoms in total. The molecule has 2 aliphatic rings. The molecular formula is C17H23BrN2S. The summed E-state index contributed by atoms with van der Waals surface area (Å²) in [5.74, 6) is 1.23. The van der Waals surface area contributed by atoms with Crippen LogP contribution in [0.3, 0.4) is 0 Å². The quantitative estimate of drug-likeness (QED) is 0.749. The van der Waals surface area contributed by atoms with E-state index in [1.807, 2.05) is 11.8 Å². The van der Waals surface area contributed by atoms with Crippen molar-refractivity contribution in [2.24, 2.45) is 10.4 Å². The zero-order valence-electron chi connectivity index (χ0n) is 12.6. The largest absolute Gasteiger partial charge is 0.335 e. The van der Waals surface area contributed by atoms with Gasteiger partial charge in [0.2, 0.25) is 0 Å². The number of benzene rings is 1. The zero-order valence-corrected chi connectivity index (χ0v) is 15.0. The number of nitrogens with one attached hydrogen (secondary N) is 1. The Bertz CT molecular complexity index is 536. The maximum atomic E-state index is 4.86. The van der Waals surface area contributed by atoms with E-state index in [1.165, 1.54) is 49.1 Å². The molecule has 0 radical (unpaired) electrons. The van der Waals surface area contributed by atoms with Gasteiger partial charge in [-0.15, -0.1) is 0 Å². The minimum atomic E-state index is 0.501. The third kappa shape index (κ3) is 3.65. The van der Waals surface area contributed by atoms with Crippen LogP contribution in [-0.4, -0.2) is 17.5 Å². The monoisotopic (exact) mass is 366 g/mol. The molecule has 1 fully saturated rings. The molecule has 1 aromatic carbocycles. The summed E-state index contributed by atoms with van der Waals surface area (Å²) >= 11 is 5.46. The highest BCUT2D eigenvalue weighted by Gasteiger charge is 2.34. The Labute approximate surface area is 140 Å². The lowest BCUT2D eigenvalue weighted by molar-refractivity contribution is 0.232. The second kappa shape index (κ2) is 6.74. The summed E-state index contributed by atoms with van der Waals surface area (Å²) in [6, 6.07) is 6.44. The second-order valence-corrected chi connectivity index (χ2v) is 8.13. The molecule has 1 N–H and O–H groups in total. The number of anilines is 1. The van der Waals surface area contributed by atoms with Gasteiger partial charge in [-0.2, -0.15) is 0 Å². The molecule has 0 amide bonds. The lowest BCUT2D eigenvalue weighted by atomic mass is 9.75. The Balaban J connectivity index is 1.69. The van der Waals surface area contributed by atoms with E-state index in [2.05, 4.69) is 46.4 Å². The molecule has 3 rings (SSSR count). The van der Waals surface area contributed by atoms with Gasteiger partial charge in [0.1, 0.15) is 0 Å². The van der Waals surface area contributed by atoms with Crippen LogP contribution >= 0.6 is 27.7 Å². The van der Waals surface area contributed by atoms with Crippen LogP contribution in [-0.2, 0) is 6.42 Å². The molecule has 0 atom stereocenters. The Hall–Kier alpha value is -0.480. The molecule has 4 heteroatoms. The smallest absolute Gasteiger partial charge is 0.161 e. The molecule has 1 spiro atoms. The normalized spacial score (nSPS) is 21.1. The molecule has 0 aromatic heterocycles. The number of hydrogen-bond acceptors (Lipinski definition) is 3. The Morgan fingerprint density at radius 2 is 2.10 bits per heavy atom. The molecular weight excluding hydrogens is 344 g/mol. The summed E-state index contributed by atoms with van der Waals surface area (Å²) in [4.78, 5) is 4.86. The second-order valence-electron chi connectivity index (χ2n) is 6.25. The van der Waals surface area contributed by atoms with Gasteiger partial charge in [-0.25, -0.2) is 0 Å². The lowest BCUT2D eigenvalue weighted by Crippen LogP contribution is -2.35. The van der Waals surface area contributed by atoms with Crippen LogP contribution in [0.2, 0.25) is 0 Å². The molecule has 0 bridgehead atoms. The van der Waals surface area contributed by atoms with E-state index in [1.54, 1.807) is 0 Å². The summed E-state index contributed by atoms with van der Waals surface area (Å²) in [6.45, 7) is 3.21. The van der Waals surface area contributed by atoms with Gasteiger partial charge in [0, 0.05) is 22.5 Å². The average Bonchev–Trinajstić information content (AvgIpc) is 2.52. The molecule has 1 heterocycles. The topological polar surface area (TPSA) is 24.4 Å². The molecule has 1 saturated carbocycles. The predicted octanol–water partition coefficient (Wildman–Crippen LogP) is 5.48. The molecule has 0 saturated heterocycles. The van der Waals surface area contributed by atoms with Crippen LogP contribution in [0.4, 0.5) is 5.69 Å². The number of amidine groups is 1. The van der Waals surface area contributed by atoms with Crippen LogP contribution in [0.1, 0.15) is 44.6 Å². The van der Waals surface area contributed by atoms with Gasteiger partial charge in [-0.05, 0) is 48.4 Å². The number of aryl methyl sites for hydroxylation is 1. The van der Waals surface area contributed by atoms with Crippen LogP contribution in [0.15, 0.2) is 27.7 Å². The molecule has 0 unspecified atom stereocenters. The van der Waals surface area contributed by atoms with Crippen molar-refractivity contribution in [3.05, 3.63) is 28.2 Å². The van der Waals surface area contributed by atoms with Gasteiger partial charge in [0.25, 0.3) is 0 Å². The molecule has 114 valence electrons. The highest BCUT2D eigenvalue weighted by Crippen LogP contribution is 2.42. The summed E-state index contributed by atoms with van der Waals surface area (Å²) in [6.07, 6.45) is 7.98. The van der Waals surface area contributed by atoms with E-state index < -0.39 is 0 Å². The number of rotatable bonds is 2. The van der Waals surface area contributed by atoms with Crippen LogP contribution in [0.25, 0.3) is 0 Å². The standard InChI is InChI=1S/C17H23BrN2S/c1-2-13-10-14(18)6-7-15(13)20-16-19-11-17(12-21-16)8-4-3-5-9-17/h6-7,10H,2-5,8-9,11-12H2,1H3,(H,19,20). The van der Waals surface area contributed by atoms with Crippen LogP contribution < -0.4 is 5.32 Å². The highest BCUT2D eigenvalue weighted by molar-refractivity contribution is 9.10. The van der Waals surface area contributed by atoms with E-state index in [-0.39, 0.29) is 0 Å². The third-order valence-corrected chi connectivity index (χ3v) is 6.43. The molecule has 1 aliphatic carbocycles. The minimum Gasteiger partial charge on any atom is -0.335 e. The van der Waals surface area contributed by atoms with Gasteiger partial charge in [0.05, 0.1) is 0 Å². The van der Waals surface area contributed by atoms with E-state index in [0.717, 1.165) is 22.6 Å². The van der Waals surface area contributed by atoms with Crippen molar-refractivity contribution >= 4 is 38.5 Å². The number of thioether (sulfide) groups is 1. The van der Waals surface area contributed by atoms with Crippen molar-refractivity contribution in [1.82, 2.24) is 0 Å². The van der Waals surface area contributed by atoms with Gasteiger partial charge >= 0.3 is 0 Å². The van der Waals surface area contributed by atoms with Gasteiger partial charge in [-0.3, -0.25) is 4.99 Å². The highest BCUT2D eigenvalue weighted by atomic mass is 79.9. The number of aliphatic imine (C=N–C) groups is 1. The lowest BCUT2D eigenvalue weighted by Gasteiger charge is -2.38. The minimum absolute atomic E-state index is 0.501. The summed E-state index contributed by atoms with van der Waals surface area (Å²) in [5.41, 5.74) is 3.04. The van der Waals surface area contributed by atoms with Crippen molar-refractivity contribution in [1.29, 1.82) is 0 Å².